The van der Waals surface area contributed by atoms with Crippen LogP contribution in [0.5, 0.6) is 0 Å². The van der Waals surface area contributed by atoms with Crippen molar-refractivity contribution in [1.82, 2.24) is 0 Å². The van der Waals surface area contributed by atoms with Crippen molar-refractivity contribution in [3.05, 3.63) is 11.6 Å². The van der Waals surface area contributed by atoms with Gasteiger partial charge in [-0.25, -0.2) is 0 Å². The Hall–Kier alpha value is -0.830. The lowest BCUT2D eigenvalue weighted by Crippen LogP contribution is -2.51. The van der Waals surface area contributed by atoms with Crippen LogP contribution in [0.2, 0.25) is 0 Å². The molecule has 0 aromatic carbocycles. The van der Waals surface area contributed by atoms with Crippen LogP contribution in [0.4, 0.5) is 0 Å². The first-order chi connectivity index (χ1) is 8.29. The van der Waals surface area contributed by atoms with Crippen molar-refractivity contribution in [2.75, 3.05) is 0 Å². The average molecular weight is 250 g/mol. The quantitative estimate of drug-likeness (QED) is 0.703. The van der Waals surface area contributed by atoms with Gasteiger partial charge in [0.15, 0.2) is 0 Å². The van der Waals surface area contributed by atoms with E-state index in [0.29, 0.717) is 12.8 Å². The molecule has 2 bridgehead atoms. The topological polar surface area (TPSA) is 57.5 Å². The summed E-state index contributed by atoms with van der Waals surface area (Å²) < 4.78 is 0. The van der Waals surface area contributed by atoms with Crippen molar-refractivity contribution in [1.29, 1.82) is 0 Å². The second-order valence-electron chi connectivity index (χ2n) is 7.00. The van der Waals surface area contributed by atoms with Gasteiger partial charge in [0.1, 0.15) is 0 Å². The zero-order valence-electron chi connectivity index (χ0n) is 11.4. The van der Waals surface area contributed by atoms with Crippen LogP contribution in [0, 0.1) is 22.2 Å². The zero-order chi connectivity index (χ0) is 13.3. The molecule has 0 radical (unpaired) electrons. The number of aliphatic carboxylic acids is 1. The highest BCUT2D eigenvalue weighted by atomic mass is 16.4. The molecule has 2 fully saturated rings. The first-order valence-electron chi connectivity index (χ1n) is 6.88. The normalized spacial score (nSPS) is 54.1. The molecular weight excluding hydrogens is 228 g/mol. The van der Waals surface area contributed by atoms with Gasteiger partial charge in [0.2, 0.25) is 0 Å². The van der Waals surface area contributed by atoms with Crippen LogP contribution in [0.1, 0.15) is 46.5 Å². The van der Waals surface area contributed by atoms with E-state index in [1.54, 1.807) is 0 Å². The van der Waals surface area contributed by atoms with E-state index in [4.69, 9.17) is 0 Å². The van der Waals surface area contributed by atoms with E-state index in [1.807, 2.05) is 6.92 Å². The van der Waals surface area contributed by atoms with E-state index in [2.05, 4.69) is 19.9 Å². The number of rotatable bonds is 1. The van der Waals surface area contributed by atoms with E-state index < -0.39 is 22.9 Å². The van der Waals surface area contributed by atoms with Gasteiger partial charge in [0.25, 0.3) is 0 Å². The molecule has 0 spiro atoms. The van der Waals surface area contributed by atoms with Gasteiger partial charge in [-0.3, -0.25) is 4.79 Å². The lowest BCUT2D eigenvalue weighted by Gasteiger charge is -2.46. The van der Waals surface area contributed by atoms with E-state index >= 15 is 0 Å². The summed E-state index contributed by atoms with van der Waals surface area (Å²) in [6, 6.07) is 0. The highest BCUT2D eigenvalue weighted by Crippen LogP contribution is 2.76. The van der Waals surface area contributed by atoms with Gasteiger partial charge in [0, 0.05) is 5.41 Å². The maximum absolute atomic E-state index is 12.0. The molecule has 3 nitrogen and oxygen atoms in total. The van der Waals surface area contributed by atoms with Crippen molar-refractivity contribution in [3.63, 3.8) is 0 Å². The van der Waals surface area contributed by atoms with E-state index in [-0.39, 0.29) is 11.3 Å². The van der Waals surface area contributed by atoms with Crippen molar-refractivity contribution in [2.24, 2.45) is 22.2 Å². The minimum atomic E-state index is -0.752. The summed E-state index contributed by atoms with van der Waals surface area (Å²) in [4.78, 5) is 12.0. The largest absolute Gasteiger partial charge is 0.481 e. The number of carboxylic acids is 1. The molecular formula is C15H22O3. The van der Waals surface area contributed by atoms with E-state index in [1.165, 1.54) is 5.57 Å². The Balaban J connectivity index is 2.27. The van der Waals surface area contributed by atoms with Gasteiger partial charge in [-0.1, -0.05) is 25.5 Å². The molecule has 2 saturated carbocycles. The molecule has 3 aliphatic rings. The number of allylic oxidation sites excluding steroid dienone is 2. The summed E-state index contributed by atoms with van der Waals surface area (Å²) in [6.07, 6.45) is 4.78. The smallest absolute Gasteiger partial charge is 0.310 e. The van der Waals surface area contributed by atoms with Crippen molar-refractivity contribution >= 4 is 5.97 Å². The minimum absolute atomic E-state index is 0.0779. The molecule has 3 heteroatoms. The Morgan fingerprint density at radius 2 is 2.11 bits per heavy atom. The summed E-state index contributed by atoms with van der Waals surface area (Å²) in [5.41, 5.74) is -0.109. The van der Waals surface area contributed by atoms with Crippen LogP contribution in [0.3, 0.4) is 0 Å². The van der Waals surface area contributed by atoms with Gasteiger partial charge in [-0.2, -0.15) is 0 Å². The molecule has 0 heterocycles. The molecule has 3 aliphatic carbocycles. The second kappa shape index (κ2) is 3.19. The van der Waals surface area contributed by atoms with Crippen LogP contribution in [0.25, 0.3) is 0 Å². The number of fused-ring (bicyclic) bond motifs is 5. The van der Waals surface area contributed by atoms with Crippen molar-refractivity contribution < 1.29 is 15.0 Å². The average Bonchev–Trinajstić information content (AvgIpc) is 2.67. The van der Waals surface area contributed by atoms with Gasteiger partial charge in [-0.15, -0.1) is 0 Å². The fourth-order valence-electron chi connectivity index (χ4n) is 5.38. The first kappa shape index (κ1) is 12.2. The third kappa shape index (κ3) is 0.965. The van der Waals surface area contributed by atoms with Crippen molar-refractivity contribution in [2.45, 2.75) is 52.6 Å². The van der Waals surface area contributed by atoms with E-state index in [9.17, 15) is 15.0 Å². The Bertz CT molecular complexity index is 455. The number of aliphatic hydroxyl groups is 1. The van der Waals surface area contributed by atoms with Crippen LogP contribution >= 0.6 is 0 Å². The number of carbonyl (C=O) groups is 1. The Morgan fingerprint density at radius 3 is 2.72 bits per heavy atom. The first-order valence-corrected chi connectivity index (χ1v) is 6.88. The van der Waals surface area contributed by atoms with Crippen LogP contribution in [-0.4, -0.2) is 22.3 Å². The Labute approximate surface area is 108 Å². The maximum Gasteiger partial charge on any atom is 0.310 e. The molecule has 0 amide bonds. The lowest BCUT2D eigenvalue weighted by molar-refractivity contribution is -0.163. The predicted molar refractivity (Wildman–Crippen MR) is 68.0 cm³/mol. The monoisotopic (exact) mass is 250 g/mol. The van der Waals surface area contributed by atoms with Crippen LogP contribution in [0.15, 0.2) is 11.6 Å². The second-order valence-corrected chi connectivity index (χ2v) is 7.00. The minimum Gasteiger partial charge on any atom is -0.481 e. The lowest BCUT2D eigenvalue weighted by atomic mass is 9.57. The maximum atomic E-state index is 12.0. The number of carboxylic acid groups (broad SMARTS) is 1. The third-order valence-electron chi connectivity index (χ3n) is 6.71. The third-order valence-corrected chi connectivity index (χ3v) is 6.71. The van der Waals surface area contributed by atoms with Gasteiger partial charge < -0.3 is 10.2 Å². The van der Waals surface area contributed by atoms with Crippen LogP contribution in [-0.2, 0) is 4.79 Å². The van der Waals surface area contributed by atoms with Gasteiger partial charge in [-0.05, 0) is 43.9 Å². The van der Waals surface area contributed by atoms with Gasteiger partial charge >= 0.3 is 5.97 Å². The highest BCUT2D eigenvalue weighted by molar-refractivity contribution is 5.79. The summed E-state index contributed by atoms with van der Waals surface area (Å²) in [5.74, 6) is -0.596. The summed E-state index contributed by atoms with van der Waals surface area (Å²) >= 11 is 0. The molecule has 0 aromatic rings. The molecule has 0 saturated heterocycles. The molecule has 18 heavy (non-hydrogen) atoms. The summed E-state index contributed by atoms with van der Waals surface area (Å²) in [7, 11) is 0. The molecule has 0 aliphatic heterocycles. The summed E-state index contributed by atoms with van der Waals surface area (Å²) in [5, 5.41) is 20.4. The number of aliphatic hydroxyl groups excluding tert-OH is 1. The van der Waals surface area contributed by atoms with Crippen LogP contribution < -0.4 is 0 Å². The molecule has 2 unspecified atom stereocenters. The predicted octanol–water partition coefficient (Wildman–Crippen LogP) is 2.59. The molecule has 0 aromatic heterocycles. The fourth-order valence-corrected chi connectivity index (χ4v) is 5.38. The number of hydrogen-bond donors (Lipinski definition) is 2. The number of hydrogen-bond acceptors (Lipinski definition) is 2. The Kier molecular flexibility index (Phi) is 2.16. The standard InChI is InChI=1S/C15H22O3/c1-9-4-6-13(2)8-10(9)15(12(17)18)7-5-11(16)14(13,15)3/h4,10-11,16H,5-8H2,1-3H3,(H,17,18)/t10?,11-,13?,14-,15+/m1/s1. The molecule has 3 rings (SSSR count). The highest BCUT2D eigenvalue weighted by Gasteiger charge is 2.76. The summed E-state index contributed by atoms with van der Waals surface area (Å²) in [6.45, 7) is 6.25. The van der Waals surface area contributed by atoms with E-state index in [0.717, 1.165) is 12.8 Å². The fraction of sp³-hybridized carbons (Fsp3) is 0.800. The molecule has 5 atom stereocenters. The Morgan fingerprint density at radius 1 is 1.44 bits per heavy atom. The van der Waals surface area contributed by atoms with Gasteiger partial charge in [0.05, 0.1) is 11.5 Å². The molecule has 2 N–H and O–H groups in total. The zero-order valence-corrected chi connectivity index (χ0v) is 11.4. The van der Waals surface area contributed by atoms with Crippen molar-refractivity contribution in [3.8, 4) is 0 Å². The SMILES string of the molecule is CC1=CCC2(C)CC1[C@]1(C(=O)O)CC[C@@H](O)[C@]21C. The molecule has 100 valence electrons.